The summed E-state index contributed by atoms with van der Waals surface area (Å²) >= 11 is 0. The zero-order valence-electron chi connectivity index (χ0n) is 24.0. The van der Waals surface area contributed by atoms with Crippen LogP contribution in [0.1, 0.15) is 55.4 Å². The highest BCUT2D eigenvalue weighted by atomic mass is 32.2. The minimum absolute atomic E-state index is 0.0216. The summed E-state index contributed by atoms with van der Waals surface area (Å²) in [4.78, 5) is 28.0. The third-order valence-corrected chi connectivity index (χ3v) is 8.17. The van der Waals surface area contributed by atoms with Gasteiger partial charge in [0.1, 0.15) is 0 Å². The number of hydrogen-bond acceptors (Lipinski definition) is 4. The Morgan fingerprint density at radius 1 is 0.976 bits per heavy atom. The van der Waals surface area contributed by atoms with Crippen molar-refractivity contribution in [2.75, 3.05) is 17.5 Å². The van der Waals surface area contributed by atoms with Gasteiger partial charge in [0.05, 0.1) is 6.26 Å². The van der Waals surface area contributed by atoms with E-state index < -0.39 is 10.0 Å². The molecular weight excluding hydrogens is 536 g/mol. The Labute approximate surface area is 242 Å². The number of sulfonamides is 1. The number of carbonyl (C=O) groups is 2. The summed E-state index contributed by atoms with van der Waals surface area (Å²) in [6.45, 7) is 7.23. The summed E-state index contributed by atoms with van der Waals surface area (Å²) in [6, 6.07) is 21.4. The normalized spacial score (nSPS) is 18.3. The van der Waals surface area contributed by atoms with Gasteiger partial charge in [-0.1, -0.05) is 54.6 Å². The topological polar surface area (TPSA) is 108 Å². The Bertz CT molecular complexity index is 1560. The number of amides is 3. The minimum atomic E-state index is -3.41. The average Bonchev–Trinajstić information content (AvgIpc) is 3.71. The first-order valence-corrected chi connectivity index (χ1v) is 15.9. The second-order valence-corrected chi connectivity index (χ2v) is 13.9. The van der Waals surface area contributed by atoms with Gasteiger partial charge in [0, 0.05) is 36.8 Å². The SMILES string of the molecule is CC(C)(C)NC(=O)N1CCc2c(-c3cccc(NS(C)(=O)=O)c3)ccc(CNC(=O)[C@@H]3C[C@H]3c3ccccc3)c2C1. The molecule has 9 heteroatoms. The van der Waals surface area contributed by atoms with Crippen LogP contribution in [0.2, 0.25) is 0 Å². The lowest BCUT2D eigenvalue weighted by Crippen LogP contribution is -2.50. The number of nitrogens with one attached hydrogen (secondary N) is 3. The largest absolute Gasteiger partial charge is 0.352 e. The van der Waals surface area contributed by atoms with Crippen LogP contribution in [0.3, 0.4) is 0 Å². The molecule has 1 fully saturated rings. The lowest BCUT2D eigenvalue weighted by molar-refractivity contribution is -0.122. The van der Waals surface area contributed by atoms with Crippen LogP contribution >= 0.6 is 0 Å². The third-order valence-electron chi connectivity index (χ3n) is 7.56. The first-order valence-electron chi connectivity index (χ1n) is 14.0. The van der Waals surface area contributed by atoms with Crippen molar-refractivity contribution in [3.8, 4) is 11.1 Å². The molecule has 3 aromatic rings. The Morgan fingerprint density at radius 3 is 2.44 bits per heavy atom. The van der Waals surface area contributed by atoms with Gasteiger partial charge in [-0.2, -0.15) is 0 Å². The summed E-state index contributed by atoms with van der Waals surface area (Å²) in [7, 11) is -3.41. The highest BCUT2D eigenvalue weighted by Gasteiger charge is 2.43. The van der Waals surface area contributed by atoms with E-state index in [9.17, 15) is 18.0 Å². The number of anilines is 1. The van der Waals surface area contributed by atoms with Crippen LogP contribution in [-0.4, -0.2) is 43.6 Å². The van der Waals surface area contributed by atoms with E-state index in [1.165, 1.54) is 5.56 Å². The van der Waals surface area contributed by atoms with Gasteiger partial charge in [-0.05, 0) is 85.0 Å². The lowest BCUT2D eigenvalue weighted by atomic mass is 9.87. The van der Waals surface area contributed by atoms with E-state index >= 15 is 0 Å². The molecule has 41 heavy (non-hydrogen) atoms. The zero-order valence-corrected chi connectivity index (χ0v) is 24.8. The molecule has 1 saturated carbocycles. The molecule has 0 bridgehead atoms. The van der Waals surface area contributed by atoms with Gasteiger partial charge in [0.25, 0.3) is 0 Å². The predicted molar refractivity (Wildman–Crippen MR) is 162 cm³/mol. The maximum absolute atomic E-state index is 13.1. The molecule has 1 aliphatic heterocycles. The lowest BCUT2D eigenvalue weighted by Gasteiger charge is -2.34. The summed E-state index contributed by atoms with van der Waals surface area (Å²) < 4.78 is 26.2. The fourth-order valence-corrected chi connectivity index (χ4v) is 6.14. The number of rotatable bonds is 7. The maximum atomic E-state index is 13.1. The van der Waals surface area contributed by atoms with E-state index in [4.69, 9.17) is 0 Å². The van der Waals surface area contributed by atoms with Crippen molar-refractivity contribution >= 4 is 27.6 Å². The van der Waals surface area contributed by atoms with Gasteiger partial charge in [0.2, 0.25) is 15.9 Å². The Morgan fingerprint density at radius 2 is 1.73 bits per heavy atom. The first-order chi connectivity index (χ1) is 19.4. The van der Waals surface area contributed by atoms with Gasteiger partial charge >= 0.3 is 6.03 Å². The summed E-state index contributed by atoms with van der Waals surface area (Å²) in [5, 5.41) is 6.21. The van der Waals surface area contributed by atoms with E-state index in [-0.39, 0.29) is 29.3 Å². The highest BCUT2D eigenvalue weighted by Crippen LogP contribution is 2.47. The van der Waals surface area contributed by atoms with E-state index in [1.807, 2.05) is 74.2 Å². The van der Waals surface area contributed by atoms with Crippen molar-refractivity contribution in [2.45, 2.75) is 58.2 Å². The molecule has 1 heterocycles. The molecule has 2 aliphatic rings. The second-order valence-electron chi connectivity index (χ2n) is 12.1. The number of nitrogens with zero attached hydrogens (tertiary/aromatic N) is 1. The monoisotopic (exact) mass is 574 g/mol. The molecule has 8 nitrogen and oxygen atoms in total. The molecule has 216 valence electrons. The molecule has 0 radical (unpaired) electrons. The Kier molecular flexibility index (Phi) is 7.83. The van der Waals surface area contributed by atoms with E-state index in [2.05, 4.69) is 27.5 Å². The fourth-order valence-electron chi connectivity index (χ4n) is 5.58. The standard InChI is InChI=1S/C32H38N4O4S/c1-32(2,3)34-31(38)36-16-15-26-25(22-11-8-12-24(17-22)35-41(4,39)40)14-13-23(29(26)20-36)19-33-30(37)28-18-27(28)21-9-6-5-7-10-21/h5-14,17,27-28,35H,15-16,18-20H2,1-4H3,(H,33,37)(H,34,38)/t27-,28+/m0/s1. The van der Waals surface area contributed by atoms with Crippen LogP contribution in [0.15, 0.2) is 66.7 Å². The Balaban J connectivity index is 1.41. The smallest absolute Gasteiger partial charge is 0.318 e. The van der Waals surface area contributed by atoms with Crippen molar-refractivity contribution in [1.29, 1.82) is 0 Å². The second kappa shape index (κ2) is 11.2. The first kappa shape index (κ1) is 28.7. The molecular formula is C32H38N4O4S. The highest BCUT2D eigenvalue weighted by molar-refractivity contribution is 7.92. The van der Waals surface area contributed by atoms with Crippen molar-refractivity contribution in [2.24, 2.45) is 5.92 Å². The zero-order chi connectivity index (χ0) is 29.4. The molecule has 3 amide bonds. The average molecular weight is 575 g/mol. The summed E-state index contributed by atoms with van der Waals surface area (Å²) in [6.07, 6.45) is 2.63. The van der Waals surface area contributed by atoms with E-state index in [0.29, 0.717) is 31.7 Å². The molecule has 2 atom stereocenters. The summed E-state index contributed by atoms with van der Waals surface area (Å²) in [5.41, 5.74) is 6.33. The number of hydrogen-bond donors (Lipinski definition) is 3. The van der Waals surface area contributed by atoms with Crippen LogP contribution in [0, 0.1) is 5.92 Å². The van der Waals surface area contributed by atoms with Crippen LogP contribution in [0.25, 0.3) is 11.1 Å². The molecule has 3 N–H and O–H groups in total. The molecule has 0 saturated heterocycles. The van der Waals surface area contributed by atoms with Crippen LogP contribution < -0.4 is 15.4 Å². The number of fused-ring (bicyclic) bond motifs is 1. The van der Waals surface area contributed by atoms with Crippen LogP contribution in [0.4, 0.5) is 10.5 Å². The molecule has 5 rings (SSSR count). The van der Waals surface area contributed by atoms with Crippen LogP contribution in [-0.2, 0) is 34.3 Å². The van der Waals surface area contributed by atoms with E-state index in [1.54, 1.807) is 6.07 Å². The van der Waals surface area contributed by atoms with Crippen molar-refractivity contribution in [1.82, 2.24) is 15.5 Å². The van der Waals surface area contributed by atoms with Gasteiger partial charge in [-0.3, -0.25) is 9.52 Å². The molecule has 3 aromatic carbocycles. The number of urea groups is 1. The van der Waals surface area contributed by atoms with Gasteiger partial charge in [0.15, 0.2) is 0 Å². The quantitative estimate of drug-likeness (QED) is 0.369. The molecule has 0 aromatic heterocycles. The maximum Gasteiger partial charge on any atom is 0.318 e. The van der Waals surface area contributed by atoms with Crippen molar-refractivity contribution < 1.29 is 18.0 Å². The van der Waals surface area contributed by atoms with Crippen LogP contribution in [0.5, 0.6) is 0 Å². The van der Waals surface area contributed by atoms with Crippen molar-refractivity contribution in [3.63, 3.8) is 0 Å². The van der Waals surface area contributed by atoms with Gasteiger partial charge in [-0.25, -0.2) is 13.2 Å². The Hall–Kier alpha value is -3.85. The molecule has 1 aliphatic carbocycles. The number of carbonyl (C=O) groups excluding carboxylic acids is 2. The van der Waals surface area contributed by atoms with Crippen molar-refractivity contribution in [3.05, 3.63) is 89.0 Å². The van der Waals surface area contributed by atoms with Gasteiger partial charge in [-0.15, -0.1) is 0 Å². The van der Waals surface area contributed by atoms with Gasteiger partial charge < -0.3 is 15.5 Å². The molecule has 0 spiro atoms. The van der Waals surface area contributed by atoms with E-state index in [0.717, 1.165) is 40.5 Å². The number of benzene rings is 3. The fraction of sp³-hybridized carbons (Fsp3) is 0.375. The molecule has 0 unspecified atom stereocenters. The predicted octanol–water partition coefficient (Wildman–Crippen LogP) is 5.01. The minimum Gasteiger partial charge on any atom is -0.352 e. The summed E-state index contributed by atoms with van der Waals surface area (Å²) in [5.74, 6) is 0.290. The third kappa shape index (κ3) is 7.08.